The minimum Gasteiger partial charge on any atom is -0.356 e. The summed E-state index contributed by atoms with van der Waals surface area (Å²) in [6, 6.07) is 0. The van der Waals surface area contributed by atoms with Gasteiger partial charge in [-0.15, -0.1) is 11.8 Å². The summed E-state index contributed by atoms with van der Waals surface area (Å²) < 4.78 is 21.9. The van der Waals surface area contributed by atoms with Gasteiger partial charge >= 0.3 is 0 Å². The minimum atomic E-state index is -3.61. The third-order valence-electron chi connectivity index (χ3n) is 2.21. The Kier molecular flexibility index (Phi) is 3.80. The second-order valence-electron chi connectivity index (χ2n) is 3.38. The number of hydrogen-bond acceptors (Lipinski definition) is 4. The monoisotopic (exact) mass is 250 g/mol. The Bertz CT molecular complexity index is 367. The maximum atomic E-state index is 11.4. The molecule has 3 N–H and O–H groups in total. The first-order valence-electron chi connectivity index (χ1n) is 4.47. The summed E-state index contributed by atoms with van der Waals surface area (Å²) in [6.45, 7) is 1.71. The molecule has 1 aliphatic rings. The fourth-order valence-electron chi connectivity index (χ4n) is 1.36. The van der Waals surface area contributed by atoms with Crippen molar-refractivity contribution in [2.24, 2.45) is 5.14 Å². The first-order chi connectivity index (χ1) is 6.87. The number of carbonyl (C=O) groups is 1. The number of thioether (sulfide) groups is 1. The predicted molar refractivity (Wildman–Crippen MR) is 60.5 cm³/mol. The summed E-state index contributed by atoms with van der Waals surface area (Å²) in [6.07, 6.45) is 2.50. The van der Waals surface area contributed by atoms with Gasteiger partial charge in [-0.3, -0.25) is 4.79 Å². The lowest BCUT2D eigenvalue weighted by molar-refractivity contribution is -0.118. The van der Waals surface area contributed by atoms with Crippen molar-refractivity contribution < 1.29 is 13.2 Å². The maximum Gasteiger partial charge on any atom is 0.224 e. The van der Waals surface area contributed by atoms with Gasteiger partial charge in [0.05, 0.1) is 0 Å². The van der Waals surface area contributed by atoms with Crippen LogP contribution in [0.15, 0.2) is 11.5 Å². The number of rotatable bonds is 4. The van der Waals surface area contributed by atoms with Gasteiger partial charge in [0.15, 0.2) is 0 Å². The Hall–Kier alpha value is -0.530. The number of carbonyl (C=O) groups excluding carboxylic acids is 1. The highest BCUT2D eigenvalue weighted by atomic mass is 32.3. The van der Waals surface area contributed by atoms with Gasteiger partial charge < -0.3 is 5.32 Å². The lowest BCUT2D eigenvalue weighted by Gasteiger charge is -2.25. The van der Waals surface area contributed by atoms with Gasteiger partial charge in [-0.2, -0.15) is 0 Å². The molecule has 5 nitrogen and oxygen atoms in total. The Balaban J connectivity index is 2.64. The van der Waals surface area contributed by atoms with Crippen LogP contribution in [0.5, 0.6) is 0 Å². The van der Waals surface area contributed by atoms with Gasteiger partial charge in [0.2, 0.25) is 15.9 Å². The molecule has 1 atom stereocenters. The molecule has 0 aromatic carbocycles. The van der Waals surface area contributed by atoms with E-state index >= 15 is 0 Å². The number of allylic oxidation sites excluding steroid dienone is 1. The fourth-order valence-corrected chi connectivity index (χ4v) is 3.63. The van der Waals surface area contributed by atoms with Crippen LogP contribution < -0.4 is 10.5 Å². The van der Waals surface area contributed by atoms with E-state index in [1.54, 1.807) is 11.5 Å². The topological polar surface area (TPSA) is 89.3 Å². The number of primary sulfonamides is 1. The van der Waals surface area contributed by atoms with Crippen LogP contribution in [0.1, 0.15) is 19.8 Å². The van der Waals surface area contributed by atoms with Gasteiger partial charge in [0.1, 0.15) is 4.08 Å². The largest absolute Gasteiger partial charge is 0.356 e. The highest BCUT2D eigenvalue weighted by Gasteiger charge is 2.42. The van der Waals surface area contributed by atoms with Gasteiger partial charge in [-0.25, -0.2) is 13.6 Å². The predicted octanol–water partition coefficient (Wildman–Crippen LogP) is 0.148. The van der Waals surface area contributed by atoms with Crippen LogP contribution in [-0.4, -0.2) is 24.9 Å². The van der Waals surface area contributed by atoms with E-state index in [2.05, 4.69) is 5.32 Å². The molecule has 1 amide bonds. The Morgan fingerprint density at radius 3 is 2.73 bits per heavy atom. The summed E-state index contributed by atoms with van der Waals surface area (Å²) in [5.74, 6) is -0.171. The summed E-state index contributed by atoms with van der Waals surface area (Å²) in [5.41, 5.74) is 0. The molecule has 1 unspecified atom stereocenters. The van der Waals surface area contributed by atoms with Crippen molar-refractivity contribution in [3.8, 4) is 0 Å². The van der Waals surface area contributed by atoms with E-state index in [4.69, 9.17) is 5.14 Å². The van der Waals surface area contributed by atoms with Crippen molar-refractivity contribution in [1.29, 1.82) is 0 Å². The van der Waals surface area contributed by atoms with Crippen molar-refractivity contribution in [3.63, 3.8) is 0 Å². The molecule has 0 spiro atoms. The molecule has 0 fully saturated rings. The summed E-state index contributed by atoms with van der Waals surface area (Å²) in [4.78, 5) is 10.7. The number of nitrogens with two attached hydrogens (primary N) is 1. The van der Waals surface area contributed by atoms with Crippen LogP contribution in [0.2, 0.25) is 0 Å². The van der Waals surface area contributed by atoms with Crippen LogP contribution in [0.3, 0.4) is 0 Å². The minimum absolute atomic E-state index is 0.171. The number of sulfonamides is 1. The van der Waals surface area contributed by atoms with E-state index < -0.39 is 14.1 Å². The Labute approximate surface area is 93.5 Å². The SMILES string of the molecule is CC(=O)NCCC1(S(N)(=O)=O)CC=CS1. The van der Waals surface area contributed by atoms with E-state index in [1.165, 1.54) is 18.7 Å². The average molecular weight is 250 g/mol. The Morgan fingerprint density at radius 2 is 2.33 bits per heavy atom. The molecule has 0 saturated carbocycles. The summed E-state index contributed by atoms with van der Waals surface area (Å²) in [5, 5.41) is 9.49. The molecule has 0 saturated heterocycles. The number of nitrogens with one attached hydrogen (secondary N) is 1. The highest BCUT2D eigenvalue weighted by Crippen LogP contribution is 2.42. The van der Waals surface area contributed by atoms with Crippen molar-refractivity contribution in [2.75, 3.05) is 6.54 Å². The van der Waals surface area contributed by atoms with Gasteiger partial charge in [-0.1, -0.05) is 6.08 Å². The van der Waals surface area contributed by atoms with Crippen molar-refractivity contribution >= 4 is 27.7 Å². The second kappa shape index (κ2) is 4.54. The highest BCUT2D eigenvalue weighted by molar-refractivity contribution is 8.15. The normalized spacial score (nSPS) is 25.5. The zero-order chi connectivity index (χ0) is 11.5. The van der Waals surface area contributed by atoms with E-state index in [-0.39, 0.29) is 5.91 Å². The molecule has 86 valence electrons. The van der Waals surface area contributed by atoms with E-state index in [9.17, 15) is 13.2 Å². The van der Waals surface area contributed by atoms with Crippen LogP contribution in [-0.2, 0) is 14.8 Å². The van der Waals surface area contributed by atoms with Crippen LogP contribution in [0.25, 0.3) is 0 Å². The molecular formula is C8H14N2O3S2. The van der Waals surface area contributed by atoms with Crippen LogP contribution in [0, 0.1) is 0 Å². The fraction of sp³-hybridized carbons (Fsp3) is 0.625. The third kappa shape index (κ3) is 2.96. The van der Waals surface area contributed by atoms with Crippen molar-refractivity contribution in [3.05, 3.63) is 11.5 Å². The average Bonchev–Trinajstić information content (AvgIpc) is 2.51. The van der Waals surface area contributed by atoms with Crippen molar-refractivity contribution in [1.82, 2.24) is 5.32 Å². The van der Waals surface area contributed by atoms with E-state index in [0.29, 0.717) is 19.4 Å². The molecule has 0 aliphatic carbocycles. The zero-order valence-electron chi connectivity index (χ0n) is 8.39. The zero-order valence-corrected chi connectivity index (χ0v) is 10.0. The molecule has 0 aromatic heterocycles. The smallest absolute Gasteiger partial charge is 0.224 e. The van der Waals surface area contributed by atoms with Crippen LogP contribution in [0.4, 0.5) is 0 Å². The molecule has 1 aliphatic heterocycles. The van der Waals surface area contributed by atoms with Crippen molar-refractivity contribution in [2.45, 2.75) is 23.8 Å². The standard InChI is InChI=1S/C8H14N2O3S2/c1-7(11)10-5-4-8(15(9,12)13)3-2-6-14-8/h2,6H,3-5H2,1H3,(H,10,11)(H2,9,12,13). The molecule has 15 heavy (non-hydrogen) atoms. The van der Waals surface area contributed by atoms with Crippen LogP contribution >= 0.6 is 11.8 Å². The summed E-state index contributed by atoms with van der Waals surface area (Å²) >= 11 is 1.20. The van der Waals surface area contributed by atoms with E-state index in [1.807, 2.05) is 0 Å². The summed E-state index contributed by atoms with van der Waals surface area (Å²) in [7, 11) is -3.61. The lowest BCUT2D eigenvalue weighted by Crippen LogP contribution is -2.41. The molecule has 0 aromatic rings. The Morgan fingerprint density at radius 1 is 1.67 bits per heavy atom. The first kappa shape index (κ1) is 12.5. The molecular weight excluding hydrogens is 236 g/mol. The molecule has 0 radical (unpaired) electrons. The molecule has 7 heteroatoms. The van der Waals surface area contributed by atoms with Gasteiger partial charge in [0.25, 0.3) is 0 Å². The molecule has 1 rings (SSSR count). The quantitative estimate of drug-likeness (QED) is 0.743. The number of hydrogen-bond donors (Lipinski definition) is 2. The lowest BCUT2D eigenvalue weighted by atomic mass is 10.2. The number of amides is 1. The first-order valence-corrected chi connectivity index (χ1v) is 6.90. The van der Waals surface area contributed by atoms with Gasteiger partial charge in [-0.05, 0) is 18.2 Å². The molecule has 1 heterocycles. The maximum absolute atomic E-state index is 11.4. The third-order valence-corrected chi connectivity index (χ3v) is 5.73. The van der Waals surface area contributed by atoms with Gasteiger partial charge in [0, 0.05) is 13.5 Å². The second-order valence-corrected chi connectivity index (χ2v) is 6.80. The molecule has 0 bridgehead atoms. The van der Waals surface area contributed by atoms with E-state index in [0.717, 1.165) is 0 Å².